The van der Waals surface area contributed by atoms with Gasteiger partial charge in [0.25, 0.3) is 0 Å². The van der Waals surface area contributed by atoms with E-state index in [1.165, 1.54) is 11.1 Å². The molecule has 5 rings (SSSR count). The standard InChI is InChI=1S/C27H25N5O/c28-16-20-10-8-19(9-11-20)12-14-30-26(21-5-2-1-3-6-21)25-18-31-24-15-22(17-32-27(24)33-25)23-7-4-13-29-23/h1-11,13,15,17,25-26,29-31H,12,14,18H2/t25-,26+/m0/s1. The minimum Gasteiger partial charge on any atom is -0.469 e. The Hall–Kier alpha value is -4.08. The number of nitrogens with zero attached hydrogens (tertiary/aromatic N) is 2. The summed E-state index contributed by atoms with van der Waals surface area (Å²) in [5.41, 5.74) is 6.01. The Bertz CT molecular complexity index is 1230. The number of hydrogen-bond donors (Lipinski definition) is 3. The molecule has 0 spiro atoms. The topological polar surface area (TPSA) is 85.8 Å². The van der Waals surface area contributed by atoms with Gasteiger partial charge in [-0.05, 0) is 54.4 Å². The number of pyridine rings is 1. The van der Waals surface area contributed by atoms with Crippen molar-refractivity contribution in [2.24, 2.45) is 0 Å². The highest BCUT2D eigenvalue weighted by molar-refractivity contribution is 5.67. The molecule has 3 heterocycles. The largest absolute Gasteiger partial charge is 0.469 e. The molecule has 0 saturated heterocycles. The van der Waals surface area contributed by atoms with Crippen LogP contribution in [0.15, 0.2) is 85.2 Å². The summed E-state index contributed by atoms with van der Waals surface area (Å²) in [6.07, 6.45) is 4.50. The van der Waals surface area contributed by atoms with Crippen molar-refractivity contribution < 1.29 is 4.74 Å². The van der Waals surface area contributed by atoms with Crippen molar-refractivity contribution in [1.82, 2.24) is 15.3 Å². The number of hydrogen-bond acceptors (Lipinski definition) is 5. The van der Waals surface area contributed by atoms with E-state index in [1.807, 2.05) is 54.9 Å². The number of nitrogens with one attached hydrogen (secondary N) is 3. The van der Waals surface area contributed by atoms with E-state index in [4.69, 9.17) is 10.00 Å². The Morgan fingerprint density at radius 1 is 1.09 bits per heavy atom. The summed E-state index contributed by atoms with van der Waals surface area (Å²) in [6, 6.07) is 26.4. The molecule has 2 atom stereocenters. The molecule has 0 bridgehead atoms. The molecule has 4 aromatic rings. The summed E-state index contributed by atoms with van der Waals surface area (Å²) in [4.78, 5) is 7.80. The van der Waals surface area contributed by atoms with Crippen molar-refractivity contribution in [3.8, 4) is 23.2 Å². The SMILES string of the molecule is N#Cc1ccc(CCN[C@H](c2ccccc2)[C@@H]2CNc3cc(-c4ccc[nH]4)cnc3O2)cc1. The molecule has 2 aromatic carbocycles. The van der Waals surface area contributed by atoms with Gasteiger partial charge in [-0.25, -0.2) is 4.98 Å². The average Bonchev–Trinajstić information content (AvgIpc) is 3.42. The van der Waals surface area contributed by atoms with Gasteiger partial charge in [0.15, 0.2) is 0 Å². The number of nitriles is 1. The van der Waals surface area contributed by atoms with Gasteiger partial charge in [-0.2, -0.15) is 5.26 Å². The average molecular weight is 436 g/mol. The number of aromatic amines is 1. The van der Waals surface area contributed by atoms with Gasteiger partial charge in [-0.1, -0.05) is 42.5 Å². The first kappa shape index (κ1) is 20.8. The molecule has 1 aliphatic heterocycles. The van der Waals surface area contributed by atoms with E-state index < -0.39 is 0 Å². The maximum atomic E-state index is 8.99. The van der Waals surface area contributed by atoms with Gasteiger partial charge < -0.3 is 20.4 Å². The fraction of sp³-hybridized carbons (Fsp3) is 0.185. The van der Waals surface area contributed by atoms with Crippen LogP contribution >= 0.6 is 0 Å². The zero-order chi connectivity index (χ0) is 22.5. The first-order valence-electron chi connectivity index (χ1n) is 11.1. The number of rotatable bonds is 7. The van der Waals surface area contributed by atoms with Crippen molar-refractivity contribution in [3.63, 3.8) is 0 Å². The molecular formula is C27H25N5O. The van der Waals surface area contributed by atoms with Crippen molar-refractivity contribution in [3.05, 3.63) is 102 Å². The van der Waals surface area contributed by atoms with Crippen LogP contribution in [0, 0.1) is 11.3 Å². The molecule has 0 amide bonds. The lowest BCUT2D eigenvalue weighted by atomic mass is 9.99. The number of fused-ring (bicyclic) bond motifs is 1. The summed E-state index contributed by atoms with van der Waals surface area (Å²) >= 11 is 0. The van der Waals surface area contributed by atoms with Crippen LogP contribution in [0.4, 0.5) is 5.69 Å². The number of benzene rings is 2. The van der Waals surface area contributed by atoms with Crippen LogP contribution in [-0.4, -0.2) is 29.2 Å². The summed E-state index contributed by atoms with van der Waals surface area (Å²) in [7, 11) is 0. The third-order valence-electron chi connectivity index (χ3n) is 5.91. The van der Waals surface area contributed by atoms with Gasteiger partial charge in [0.05, 0.1) is 29.9 Å². The van der Waals surface area contributed by atoms with Gasteiger partial charge in [-0.15, -0.1) is 0 Å². The van der Waals surface area contributed by atoms with E-state index in [9.17, 15) is 0 Å². The minimum absolute atomic E-state index is 0.00937. The summed E-state index contributed by atoms with van der Waals surface area (Å²) in [6.45, 7) is 1.46. The molecule has 0 unspecified atom stereocenters. The fourth-order valence-corrected chi connectivity index (χ4v) is 4.15. The van der Waals surface area contributed by atoms with E-state index in [1.54, 1.807) is 0 Å². The lowest BCUT2D eigenvalue weighted by Gasteiger charge is -2.33. The normalized spacial score (nSPS) is 15.5. The Balaban J connectivity index is 1.30. The molecule has 0 radical (unpaired) electrons. The smallest absolute Gasteiger partial charge is 0.237 e. The van der Waals surface area contributed by atoms with Crippen LogP contribution in [0.25, 0.3) is 11.3 Å². The van der Waals surface area contributed by atoms with Crippen molar-refractivity contribution >= 4 is 5.69 Å². The first-order chi connectivity index (χ1) is 16.3. The molecule has 0 aliphatic carbocycles. The van der Waals surface area contributed by atoms with Gasteiger partial charge in [-0.3, -0.25) is 0 Å². The second-order valence-electron chi connectivity index (χ2n) is 8.10. The Morgan fingerprint density at radius 3 is 2.70 bits per heavy atom. The van der Waals surface area contributed by atoms with Crippen LogP contribution in [0.3, 0.4) is 0 Å². The van der Waals surface area contributed by atoms with Crippen LogP contribution in [0.2, 0.25) is 0 Å². The predicted octanol–water partition coefficient (Wildman–Crippen LogP) is 4.69. The van der Waals surface area contributed by atoms with Crippen LogP contribution in [0.5, 0.6) is 5.88 Å². The van der Waals surface area contributed by atoms with E-state index in [2.05, 4.69) is 57.0 Å². The van der Waals surface area contributed by atoms with Gasteiger partial charge in [0.2, 0.25) is 5.88 Å². The second kappa shape index (κ2) is 9.60. The van der Waals surface area contributed by atoms with Crippen LogP contribution in [-0.2, 0) is 6.42 Å². The zero-order valence-electron chi connectivity index (χ0n) is 18.2. The monoisotopic (exact) mass is 435 g/mol. The van der Waals surface area contributed by atoms with E-state index in [0.29, 0.717) is 18.0 Å². The summed E-state index contributed by atoms with van der Waals surface area (Å²) < 4.78 is 6.37. The molecule has 0 fully saturated rings. The van der Waals surface area contributed by atoms with Crippen LogP contribution < -0.4 is 15.4 Å². The fourth-order valence-electron chi connectivity index (χ4n) is 4.15. The second-order valence-corrected chi connectivity index (χ2v) is 8.10. The molecule has 0 saturated carbocycles. The van der Waals surface area contributed by atoms with Gasteiger partial charge >= 0.3 is 0 Å². The van der Waals surface area contributed by atoms with E-state index in [0.717, 1.165) is 29.9 Å². The highest BCUT2D eigenvalue weighted by Crippen LogP contribution is 2.33. The minimum atomic E-state index is -0.107. The Morgan fingerprint density at radius 2 is 1.94 bits per heavy atom. The van der Waals surface area contributed by atoms with E-state index in [-0.39, 0.29) is 12.1 Å². The maximum absolute atomic E-state index is 8.99. The molecule has 3 N–H and O–H groups in total. The highest BCUT2D eigenvalue weighted by Gasteiger charge is 2.29. The molecule has 2 aromatic heterocycles. The highest BCUT2D eigenvalue weighted by atomic mass is 16.5. The van der Waals surface area contributed by atoms with Gasteiger partial charge in [0, 0.05) is 23.7 Å². The molecule has 164 valence electrons. The number of ether oxygens (including phenoxy) is 1. The summed E-state index contributed by atoms with van der Waals surface area (Å²) in [5, 5.41) is 16.2. The molecular weight excluding hydrogens is 410 g/mol. The predicted molar refractivity (Wildman–Crippen MR) is 129 cm³/mol. The maximum Gasteiger partial charge on any atom is 0.237 e. The summed E-state index contributed by atoms with van der Waals surface area (Å²) in [5.74, 6) is 0.622. The van der Waals surface area contributed by atoms with Crippen molar-refractivity contribution in [2.75, 3.05) is 18.4 Å². The first-order valence-corrected chi connectivity index (χ1v) is 11.1. The van der Waals surface area contributed by atoms with Crippen molar-refractivity contribution in [1.29, 1.82) is 5.26 Å². The molecule has 6 nitrogen and oxygen atoms in total. The zero-order valence-corrected chi connectivity index (χ0v) is 18.2. The van der Waals surface area contributed by atoms with Crippen LogP contribution in [0.1, 0.15) is 22.7 Å². The quantitative estimate of drug-likeness (QED) is 0.392. The van der Waals surface area contributed by atoms with Crippen molar-refractivity contribution in [2.45, 2.75) is 18.6 Å². The number of anilines is 1. The molecule has 1 aliphatic rings. The van der Waals surface area contributed by atoms with E-state index >= 15 is 0 Å². The third-order valence-corrected chi connectivity index (χ3v) is 5.91. The van der Waals surface area contributed by atoms with Gasteiger partial charge in [0.1, 0.15) is 6.10 Å². The third kappa shape index (κ3) is 4.74. The Kier molecular flexibility index (Phi) is 6.05. The lowest BCUT2D eigenvalue weighted by Crippen LogP contribution is -2.43. The number of aromatic nitrogens is 2. The Labute approximate surface area is 193 Å². The molecule has 33 heavy (non-hydrogen) atoms. The number of H-pyrrole nitrogens is 1. The lowest BCUT2D eigenvalue weighted by molar-refractivity contribution is 0.150. The molecule has 6 heteroatoms.